The summed E-state index contributed by atoms with van der Waals surface area (Å²) < 4.78 is 45.3. The Morgan fingerprint density at radius 3 is 2.12 bits per heavy atom. The molecule has 0 saturated heterocycles. The van der Waals surface area contributed by atoms with E-state index < -0.39 is 21.3 Å². The molecule has 1 saturated carbocycles. The zero-order valence-electron chi connectivity index (χ0n) is 41.5. The predicted molar refractivity (Wildman–Crippen MR) is 268 cm³/mol. The summed E-state index contributed by atoms with van der Waals surface area (Å²) in [5, 5.41) is 5.91. The van der Waals surface area contributed by atoms with Crippen LogP contribution in [0.15, 0.2) is 164 Å². The van der Waals surface area contributed by atoms with Gasteiger partial charge in [-0.3, -0.25) is 4.98 Å². The second kappa shape index (κ2) is 18.7. The topological polar surface area (TPSA) is 35.6 Å². The van der Waals surface area contributed by atoms with E-state index in [4.69, 9.17) is 11.8 Å². The van der Waals surface area contributed by atoms with Crippen molar-refractivity contribution < 1.29 is 27.0 Å². The zero-order valence-corrected chi connectivity index (χ0v) is 39.9. The molecular formula is C58H54IrN4Si-2. The average molecular weight is 1030 g/mol. The first-order chi connectivity index (χ1) is 32.7. The number of para-hydroxylation sites is 2. The number of hydrogen-bond donors (Lipinski definition) is 0. The van der Waals surface area contributed by atoms with Gasteiger partial charge in [0.15, 0.2) is 0 Å². The summed E-state index contributed by atoms with van der Waals surface area (Å²) in [7, 11) is -1.80. The Kier molecular flexibility index (Phi) is 10.9. The first-order valence-corrected chi connectivity index (χ1v) is 25.7. The number of fused-ring (bicyclic) bond motifs is 5. The normalized spacial score (nSPS) is 14.8. The predicted octanol–water partition coefficient (Wildman–Crippen LogP) is 14.3. The fraction of sp³-hybridized carbons (Fsp3) is 0.207. The molecule has 0 N–H and O–H groups in total. The number of aryl methyl sites for hydroxylation is 1. The molecule has 64 heavy (non-hydrogen) atoms. The molecule has 0 atom stereocenters. The third-order valence-corrected chi connectivity index (χ3v) is 14.4. The Balaban J connectivity index is 0.000000178. The second-order valence-corrected chi connectivity index (χ2v) is 22.9. The third kappa shape index (κ3) is 8.93. The number of aromatic nitrogens is 4. The number of imidazole rings is 1. The van der Waals surface area contributed by atoms with Gasteiger partial charge in [0.2, 0.25) is 0 Å². The van der Waals surface area contributed by atoms with E-state index >= 15 is 0 Å². The zero-order chi connectivity index (χ0) is 47.2. The van der Waals surface area contributed by atoms with E-state index in [1.165, 1.54) is 45.1 Å². The van der Waals surface area contributed by atoms with E-state index in [1.807, 2.05) is 12.3 Å². The van der Waals surface area contributed by atoms with Crippen molar-refractivity contribution in [3.63, 3.8) is 0 Å². The molecule has 0 amide bonds. The van der Waals surface area contributed by atoms with Crippen molar-refractivity contribution in [1.29, 1.82) is 0 Å². The van der Waals surface area contributed by atoms with Crippen molar-refractivity contribution >= 4 is 56.9 Å². The van der Waals surface area contributed by atoms with Crippen LogP contribution in [0.3, 0.4) is 0 Å². The van der Waals surface area contributed by atoms with E-state index in [2.05, 4.69) is 179 Å². The fourth-order valence-corrected chi connectivity index (χ4v) is 10.6. The van der Waals surface area contributed by atoms with Gasteiger partial charge < -0.3 is 14.1 Å². The molecule has 3 heterocycles. The van der Waals surface area contributed by atoms with Crippen LogP contribution in [0.25, 0.3) is 71.9 Å². The summed E-state index contributed by atoms with van der Waals surface area (Å²) in [5.41, 5.74) is 10.2. The van der Waals surface area contributed by atoms with E-state index in [0.717, 1.165) is 76.6 Å². The molecule has 11 rings (SSSR count). The molecule has 4 nitrogen and oxygen atoms in total. The number of benzene rings is 7. The van der Waals surface area contributed by atoms with Crippen LogP contribution in [0.2, 0.25) is 19.6 Å². The number of rotatable bonds is 8. The van der Waals surface area contributed by atoms with Crippen LogP contribution in [-0.4, -0.2) is 27.2 Å². The quantitative estimate of drug-likeness (QED) is 0.112. The van der Waals surface area contributed by atoms with Crippen molar-refractivity contribution in [3.05, 3.63) is 193 Å². The average Bonchev–Trinajstić information content (AvgIpc) is 3.88. The number of nitrogens with zero attached hydrogens (tertiary/aromatic N) is 4. The Morgan fingerprint density at radius 1 is 0.688 bits per heavy atom. The molecule has 0 unspecified atom stereocenters. The van der Waals surface area contributed by atoms with Crippen molar-refractivity contribution in [1.82, 2.24) is 19.1 Å². The van der Waals surface area contributed by atoms with Crippen LogP contribution in [-0.2, 0) is 33.0 Å². The maximum absolute atomic E-state index is 9.03. The Bertz CT molecular complexity index is 3410. The molecular weight excluding hydrogens is 973 g/mol. The van der Waals surface area contributed by atoms with Crippen molar-refractivity contribution in [2.75, 3.05) is 0 Å². The first kappa shape index (κ1) is 37.5. The van der Waals surface area contributed by atoms with E-state index in [9.17, 15) is 0 Å². The van der Waals surface area contributed by atoms with Gasteiger partial charge in [-0.2, -0.15) is 0 Å². The number of pyridine rings is 1. The van der Waals surface area contributed by atoms with Gasteiger partial charge in [0, 0.05) is 50.9 Å². The van der Waals surface area contributed by atoms with Crippen LogP contribution < -0.4 is 5.19 Å². The Morgan fingerprint density at radius 2 is 1.39 bits per heavy atom. The summed E-state index contributed by atoms with van der Waals surface area (Å²) in [6.07, 6.45) is 5.68. The Labute approximate surface area is 399 Å². The van der Waals surface area contributed by atoms with Gasteiger partial charge in [-0.25, -0.2) is 0 Å². The van der Waals surface area contributed by atoms with Crippen molar-refractivity contribution in [3.8, 4) is 28.3 Å². The summed E-state index contributed by atoms with van der Waals surface area (Å²) in [6, 6.07) is 60.5. The first-order valence-electron chi connectivity index (χ1n) is 24.7. The van der Waals surface area contributed by atoms with Crippen LogP contribution in [0.4, 0.5) is 0 Å². The molecule has 0 spiro atoms. The van der Waals surface area contributed by atoms with Crippen LogP contribution in [0.1, 0.15) is 55.6 Å². The Hall–Kier alpha value is -5.91. The summed E-state index contributed by atoms with van der Waals surface area (Å²) in [6.45, 7) is 5.25. The minimum Gasteiger partial charge on any atom is -0.360 e. The minimum absolute atomic E-state index is 0. The second-order valence-electron chi connectivity index (χ2n) is 17.9. The number of hydrogen-bond acceptors (Lipinski definition) is 2. The molecule has 321 valence electrons. The summed E-state index contributed by atoms with van der Waals surface area (Å²) in [4.78, 5) is 9.83. The van der Waals surface area contributed by atoms with Gasteiger partial charge in [0.1, 0.15) is 0 Å². The smallest absolute Gasteiger partial charge is 0.0798 e. The van der Waals surface area contributed by atoms with Crippen molar-refractivity contribution in [2.45, 2.75) is 71.5 Å². The molecule has 1 aliphatic carbocycles. The molecule has 7 aromatic carbocycles. The maximum atomic E-state index is 9.03. The third-order valence-electron chi connectivity index (χ3n) is 12.4. The SMILES string of the molecule is [2H]C([2H])([2H])c1c[c-]c(-c2cc(C([2H])([2H])C3CCCCC3)c([Si](C)(C)C)cn2)cc1.[Ir].[c-]1cc2c(cc1-c1nc3cc4ccccc4cc3n1Cc1ccccc1)c1ccccc1n2-c1ccccc1. The molecule has 1 radical (unpaired) electrons. The molecule has 1 aliphatic rings. The van der Waals surface area contributed by atoms with Gasteiger partial charge >= 0.3 is 0 Å². The summed E-state index contributed by atoms with van der Waals surface area (Å²) in [5.74, 6) is 0.964. The molecule has 1 fully saturated rings. The van der Waals surface area contributed by atoms with Gasteiger partial charge in [-0.1, -0.05) is 167 Å². The molecule has 10 aromatic rings. The summed E-state index contributed by atoms with van der Waals surface area (Å²) >= 11 is 0. The van der Waals surface area contributed by atoms with Gasteiger partial charge in [-0.05, 0) is 80.7 Å². The van der Waals surface area contributed by atoms with Gasteiger partial charge in [-0.15, -0.1) is 59.2 Å². The van der Waals surface area contributed by atoms with Crippen LogP contribution in [0.5, 0.6) is 0 Å². The maximum Gasteiger partial charge on any atom is 0.0798 e. The van der Waals surface area contributed by atoms with Crippen LogP contribution in [0, 0.1) is 24.9 Å². The van der Waals surface area contributed by atoms with Crippen LogP contribution >= 0.6 is 0 Å². The molecule has 0 aliphatic heterocycles. The largest absolute Gasteiger partial charge is 0.360 e. The standard InChI is InChI=1S/C36H24N3.C22H30NSi.Ir/c1-3-11-25(12-4-1)24-38-35-23-27-14-8-7-13-26(27)22-32(35)37-36(38)28-19-20-34-31(21-28)30-17-9-10-18-33(30)39(34)29-15-5-2-6-16-29;1-17-10-12-19(13-11-17)21-15-20(14-18-8-6-5-7-9-18)22(16-23-21)24(2,3)4;/h1-18,20-23H,24H2;10-12,15-16,18H,5-9,14H2,1-4H3;/q2*-1;/i;1D3,14D2;. The molecule has 0 bridgehead atoms. The fourth-order valence-electron chi connectivity index (χ4n) is 9.21. The van der Waals surface area contributed by atoms with E-state index in [0.29, 0.717) is 11.3 Å². The molecule has 3 aromatic heterocycles. The van der Waals surface area contributed by atoms with Crippen molar-refractivity contribution in [2.24, 2.45) is 5.92 Å². The molecule has 6 heteroatoms. The van der Waals surface area contributed by atoms with Gasteiger partial charge in [0.05, 0.1) is 24.9 Å². The van der Waals surface area contributed by atoms with E-state index in [1.54, 1.807) is 12.1 Å². The van der Waals surface area contributed by atoms with E-state index in [-0.39, 0.29) is 31.6 Å². The minimum atomic E-state index is -2.16. The monoisotopic (exact) mass is 1030 g/mol. The van der Waals surface area contributed by atoms with Gasteiger partial charge in [0.25, 0.3) is 0 Å².